The van der Waals surface area contributed by atoms with Crippen LogP contribution in [0.5, 0.6) is 0 Å². The Hall–Kier alpha value is -1.68. The molecule has 1 aromatic carbocycles. The highest BCUT2D eigenvalue weighted by Crippen LogP contribution is 2.26. The molecule has 0 aromatic heterocycles. The van der Waals surface area contributed by atoms with E-state index in [9.17, 15) is 9.18 Å². The van der Waals surface area contributed by atoms with E-state index in [1.54, 1.807) is 18.2 Å². The monoisotopic (exact) mass is 290 g/mol. The second-order valence-electron chi connectivity index (χ2n) is 5.63. The van der Waals surface area contributed by atoms with Crippen molar-refractivity contribution in [1.82, 2.24) is 5.32 Å². The smallest absolute Gasteiger partial charge is 0.244 e. The first-order valence-electron chi connectivity index (χ1n) is 7.63. The average molecular weight is 290 g/mol. The van der Waals surface area contributed by atoms with E-state index in [1.807, 2.05) is 0 Å². The summed E-state index contributed by atoms with van der Waals surface area (Å²) in [5.41, 5.74) is 6.59. The number of carbonyl (C=O) groups excluding carboxylic acids is 1. The fraction of sp³-hybridized carbons (Fsp3) is 0.471. The van der Waals surface area contributed by atoms with Gasteiger partial charge in [-0.1, -0.05) is 31.4 Å². The summed E-state index contributed by atoms with van der Waals surface area (Å²) in [5.74, 6) is 0.0735. The summed E-state index contributed by atoms with van der Waals surface area (Å²) < 4.78 is 12.8. The second kappa shape index (κ2) is 7.93. The zero-order valence-corrected chi connectivity index (χ0v) is 12.2. The van der Waals surface area contributed by atoms with Crippen molar-refractivity contribution in [1.29, 1.82) is 0 Å². The lowest BCUT2D eigenvalue weighted by Gasteiger charge is -2.29. The largest absolute Gasteiger partial charge is 0.348 e. The Bertz CT molecular complexity index is 478. The van der Waals surface area contributed by atoms with E-state index in [2.05, 4.69) is 5.32 Å². The highest BCUT2D eigenvalue weighted by molar-refractivity contribution is 5.91. The normalized spacial score (nSPS) is 17.8. The Kier molecular flexibility index (Phi) is 5.93. The number of nitrogens with two attached hydrogens (primary N) is 1. The summed E-state index contributed by atoms with van der Waals surface area (Å²) >= 11 is 0. The maximum absolute atomic E-state index is 12.8. The first kappa shape index (κ1) is 15.7. The summed E-state index contributed by atoms with van der Waals surface area (Å²) in [6, 6.07) is 6.09. The molecule has 1 saturated carbocycles. The predicted octanol–water partition coefficient (Wildman–Crippen LogP) is 2.86. The highest BCUT2D eigenvalue weighted by Gasteiger charge is 2.23. The minimum atomic E-state index is -0.280. The molecule has 1 unspecified atom stereocenters. The third-order valence-corrected chi connectivity index (χ3v) is 4.10. The molecule has 1 amide bonds. The first-order valence-corrected chi connectivity index (χ1v) is 7.63. The van der Waals surface area contributed by atoms with Crippen LogP contribution in [0.2, 0.25) is 0 Å². The molecule has 1 aliphatic carbocycles. The van der Waals surface area contributed by atoms with Crippen LogP contribution in [0.25, 0.3) is 6.08 Å². The van der Waals surface area contributed by atoms with Gasteiger partial charge in [-0.25, -0.2) is 4.39 Å². The Morgan fingerprint density at radius 1 is 1.29 bits per heavy atom. The van der Waals surface area contributed by atoms with Crippen LogP contribution in [0.1, 0.15) is 37.7 Å². The van der Waals surface area contributed by atoms with Crippen LogP contribution in [-0.4, -0.2) is 18.5 Å². The highest BCUT2D eigenvalue weighted by atomic mass is 19.1. The van der Waals surface area contributed by atoms with E-state index in [4.69, 9.17) is 5.73 Å². The summed E-state index contributed by atoms with van der Waals surface area (Å²) in [6.07, 6.45) is 9.19. The van der Waals surface area contributed by atoms with E-state index < -0.39 is 0 Å². The number of carbonyl (C=O) groups is 1. The van der Waals surface area contributed by atoms with Crippen molar-refractivity contribution in [3.8, 4) is 0 Å². The van der Waals surface area contributed by atoms with E-state index in [-0.39, 0.29) is 17.8 Å². The van der Waals surface area contributed by atoms with Crippen molar-refractivity contribution in [2.75, 3.05) is 6.54 Å². The van der Waals surface area contributed by atoms with E-state index in [0.717, 1.165) is 18.4 Å². The lowest BCUT2D eigenvalue weighted by Crippen LogP contribution is -2.45. The Morgan fingerprint density at radius 3 is 2.57 bits per heavy atom. The number of benzene rings is 1. The third-order valence-electron chi connectivity index (χ3n) is 4.10. The molecule has 1 aliphatic rings. The molecular formula is C17H23FN2O. The van der Waals surface area contributed by atoms with Crippen LogP contribution in [0.15, 0.2) is 30.3 Å². The van der Waals surface area contributed by atoms with E-state index in [0.29, 0.717) is 12.5 Å². The topological polar surface area (TPSA) is 55.1 Å². The minimum absolute atomic E-state index is 0.0515. The molecule has 0 aliphatic heterocycles. The predicted molar refractivity (Wildman–Crippen MR) is 83.0 cm³/mol. The van der Waals surface area contributed by atoms with Crippen LogP contribution in [0, 0.1) is 11.7 Å². The van der Waals surface area contributed by atoms with Crippen molar-refractivity contribution in [3.63, 3.8) is 0 Å². The fourth-order valence-corrected chi connectivity index (χ4v) is 2.88. The van der Waals surface area contributed by atoms with Crippen molar-refractivity contribution in [2.45, 2.75) is 38.1 Å². The van der Waals surface area contributed by atoms with Gasteiger partial charge in [0.1, 0.15) is 5.82 Å². The van der Waals surface area contributed by atoms with Crippen LogP contribution in [0.4, 0.5) is 4.39 Å². The van der Waals surface area contributed by atoms with Crippen molar-refractivity contribution in [2.24, 2.45) is 11.7 Å². The molecule has 1 atom stereocenters. The van der Waals surface area contributed by atoms with Crippen LogP contribution in [-0.2, 0) is 4.79 Å². The molecule has 0 heterocycles. The maximum Gasteiger partial charge on any atom is 0.244 e. The van der Waals surface area contributed by atoms with E-state index in [1.165, 1.54) is 37.5 Å². The summed E-state index contributed by atoms with van der Waals surface area (Å²) in [6.45, 7) is 0.473. The Balaban J connectivity index is 1.88. The molecule has 0 spiro atoms. The third kappa shape index (κ3) is 4.97. The van der Waals surface area contributed by atoms with E-state index >= 15 is 0 Å². The molecule has 0 saturated heterocycles. The number of rotatable bonds is 5. The van der Waals surface area contributed by atoms with Crippen LogP contribution in [0.3, 0.4) is 0 Å². The fourth-order valence-electron chi connectivity index (χ4n) is 2.88. The quantitative estimate of drug-likeness (QED) is 0.819. The SMILES string of the molecule is NCC(NC(=O)/C=C/c1ccc(F)cc1)C1CCCCC1. The number of amides is 1. The van der Waals surface area contributed by atoms with Gasteiger partial charge in [-0.3, -0.25) is 4.79 Å². The molecular weight excluding hydrogens is 267 g/mol. The van der Waals surface area contributed by atoms with Gasteiger partial charge in [0.05, 0.1) is 0 Å². The van der Waals surface area contributed by atoms with Crippen LogP contribution < -0.4 is 11.1 Å². The summed E-state index contributed by atoms with van der Waals surface area (Å²) in [5, 5.41) is 2.99. The summed E-state index contributed by atoms with van der Waals surface area (Å²) in [7, 11) is 0. The minimum Gasteiger partial charge on any atom is -0.348 e. The van der Waals surface area contributed by atoms with Gasteiger partial charge in [0.25, 0.3) is 0 Å². The molecule has 4 heteroatoms. The standard InChI is InChI=1S/C17H23FN2O/c18-15-9-6-13(7-10-15)8-11-17(21)20-16(12-19)14-4-2-1-3-5-14/h6-11,14,16H,1-5,12,19H2,(H,20,21)/b11-8+. The lowest BCUT2D eigenvalue weighted by atomic mass is 9.84. The molecule has 21 heavy (non-hydrogen) atoms. The maximum atomic E-state index is 12.8. The zero-order chi connectivity index (χ0) is 15.1. The number of nitrogens with one attached hydrogen (secondary N) is 1. The second-order valence-corrected chi connectivity index (χ2v) is 5.63. The zero-order valence-electron chi connectivity index (χ0n) is 12.2. The van der Waals surface area contributed by atoms with Gasteiger partial charge >= 0.3 is 0 Å². The first-order chi connectivity index (χ1) is 10.2. The lowest BCUT2D eigenvalue weighted by molar-refractivity contribution is -0.117. The van der Waals surface area contributed by atoms with Crippen LogP contribution >= 0.6 is 0 Å². The molecule has 1 aromatic rings. The molecule has 114 valence electrons. The molecule has 0 bridgehead atoms. The number of hydrogen-bond acceptors (Lipinski definition) is 2. The average Bonchev–Trinajstić information content (AvgIpc) is 2.53. The van der Waals surface area contributed by atoms with Gasteiger partial charge in [-0.15, -0.1) is 0 Å². The number of hydrogen-bond donors (Lipinski definition) is 2. The molecule has 1 fully saturated rings. The van der Waals surface area contributed by atoms with Gasteiger partial charge in [0.2, 0.25) is 5.91 Å². The van der Waals surface area contributed by atoms with Gasteiger partial charge < -0.3 is 11.1 Å². The van der Waals surface area contributed by atoms with Gasteiger partial charge in [-0.2, -0.15) is 0 Å². The van der Waals surface area contributed by atoms with Gasteiger partial charge in [0.15, 0.2) is 0 Å². The Morgan fingerprint density at radius 2 is 1.95 bits per heavy atom. The number of halogens is 1. The van der Waals surface area contributed by atoms with Crippen molar-refractivity contribution < 1.29 is 9.18 Å². The molecule has 3 N–H and O–H groups in total. The van der Waals surface area contributed by atoms with Gasteiger partial charge in [-0.05, 0) is 42.5 Å². The van der Waals surface area contributed by atoms with Crippen molar-refractivity contribution in [3.05, 3.63) is 41.7 Å². The molecule has 0 radical (unpaired) electrons. The van der Waals surface area contributed by atoms with Crippen molar-refractivity contribution >= 4 is 12.0 Å². The Labute approximate surface area is 125 Å². The summed E-state index contributed by atoms with van der Waals surface area (Å²) in [4.78, 5) is 12.0. The molecule has 3 nitrogen and oxygen atoms in total. The van der Waals surface area contributed by atoms with Gasteiger partial charge in [0, 0.05) is 18.7 Å². The molecule has 2 rings (SSSR count).